The third-order valence-corrected chi connectivity index (χ3v) is 5.82. The summed E-state index contributed by atoms with van der Waals surface area (Å²) in [7, 11) is 0. The van der Waals surface area contributed by atoms with Gasteiger partial charge in [0.25, 0.3) is 0 Å². The molecule has 0 atom stereocenters. The summed E-state index contributed by atoms with van der Waals surface area (Å²) in [4.78, 5) is 0. The first-order chi connectivity index (χ1) is 14.7. The SMILES string of the molecule is Oc1ccc2ccccc2c1Cc1ccc(Cc2c(O)ccc3ccccc23)cc1. The first-order valence-corrected chi connectivity index (χ1v) is 10.2. The summed E-state index contributed by atoms with van der Waals surface area (Å²) >= 11 is 0. The fourth-order valence-corrected chi connectivity index (χ4v) is 4.20. The van der Waals surface area contributed by atoms with Crippen LogP contribution in [0.25, 0.3) is 21.5 Å². The van der Waals surface area contributed by atoms with Crippen molar-refractivity contribution >= 4 is 21.5 Å². The zero-order chi connectivity index (χ0) is 20.5. The van der Waals surface area contributed by atoms with Crippen LogP contribution in [0.1, 0.15) is 22.3 Å². The molecule has 2 heteroatoms. The van der Waals surface area contributed by atoms with E-state index in [1.54, 1.807) is 12.1 Å². The predicted octanol–water partition coefficient (Wildman–Crippen LogP) is 6.59. The topological polar surface area (TPSA) is 40.5 Å². The number of phenols is 2. The van der Waals surface area contributed by atoms with Gasteiger partial charge in [0.1, 0.15) is 11.5 Å². The van der Waals surface area contributed by atoms with Gasteiger partial charge in [-0.25, -0.2) is 0 Å². The second-order valence-corrected chi connectivity index (χ2v) is 7.74. The van der Waals surface area contributed by atoms with E-state index in [1.807, 2.05) is 36.4 Å². The number of fused-ring (bicyclic) bond motifs is 2. The molecule has 5 aromatic carbocycles. The molecule has 2 N–H and O–H groups in total. The molecule has 5 aromatic rings. The Morgan fingerprint density at radius 3 is 1.27 bits per heavy atom. The molecule has 2 nitrogen and oxygen atoms in total. The predicted molar refractivity (Wildman–Crippen MR) is 123 cm³/mol. The normalized spacial score (nSPS) is 11.2. The number of hydrogen-bond acceptors (Lipinski definition) is 2. The fraction of sp³-hybridized carbons (Fsp3) is 0.0714. The lowest BCUT2D eigenvalue weighted by atomic mass is 9.94. The van der Waals surface area contributed by atoms with E-state index in [1.165, 1.54) is 0 Å². The third kappa shape index (κ3) is 3.37. The molecule has 0 saturated carbocycles. The van der Waals surface area contributed by atoms with Crippen LogP contribution in [0, 0.1) is 0 Å². The molecule has 0 amide bonds. The molecule has 0 aliphatic heterocycles. The molecular formula is C28H22O2. The van der Waals surface area contributed by atoms with Gasteiger partial charge in [0.05, 0.1) is 0 Å². The minimum Gasteiger partial charge on any atom is -0.508 e. The Kier molecular flexibility index (Phi) is 4.61. The van der Waals surface area contributed by atoms with Crippen molar-refractivity contribution in [3.05, 3.63) is 119 Å². The van der Waals surface area contributed by atoms with E-state index in [2.05, 4.69) is 48.5 Å². The van der Waals surface area contributed by atoms with Crippen LogP contribution < -0.4 is 0 Å². The standard InChI is InChI=1S/C28H22O2/c29-27-15-13-21-5-1-3-7-23(21)25(27)17-19-9-11-20(12-10-19)18-26-24-8-4-2-6-22(24)14-16-28(26)30/h1-16,29-30H,17-18H2. The van der Waals surface area contributed by atoms with Crippen LogP contribution >= 0.6 is 0 Å². The molecule has 0 saturated heterocycles. The second-order valence-electron chi connectivity index (χ2n) is 7.74. The number of aromatic hydroxyl groups is 2. The zero-order valence-electron chi connectivity index (χ0n) is 16.5. The van der Waals surface area contributed by atoms with Gasteiger partial charge in [0.2, 0.25) is 0 Å². The quantitative estimate of drug-likeness (QED) is 0.364. The average molecular weight is 390 g/mol. The van der Waals surface area contributed by atoms with Gasteiger partial charge in [-0.05, 0) is 44.8 Å². The van der Waals surface area contributed by atoms with Crippen molar-refractivity contribution in [3.63, 3.8) is 0 Å². The molecule has 5 rings (SSSR count). The minimum absolute atomic E-state index is 0.332. The van der Waals surface area contributed by atoms with Gasteiger partial charge in [0, 0.05) is 24.0 Å². The van der Waals surface area contributed by atoms with Crippen LogP contribution in [0.5, 0.6) is 11.5 Å². The van der Waals surface area contributed by atoms with Crippen LogP contribution in [-0.4, -0.2) is 10.2 Å². The zero-order valence-corrected chi connectivity index (χ0v) is 16.5. The van der Waals surface area contributed by atoms with Crippen LogP contribution in [0.3, 0.4) is 0 Å². The lowest BCUT2D eigenvalue weighted by molar-refractivity contribution is 0.470. The van der Waals surface area contributed by atoms with Crippen LogP contribution in [0.15, 0.2) is 97.1 Å². The van der Waals surface area contributed by atoms with E-state index in [-0.39, 0.29) is 0 Å². The van der Waals surface area contributed by atoms with Crippen molar-refractivity contribution in [2.24, 2.45) is 0 Å². The van der Waals surface area contributed by atoms with Crippen molar-refractivity contribution in [1.29, 1.82) is 0 Å². The molecule has 0 radical (unpaired) electrons. The number of phenolic OH excluding ortho intramolecular Hbond substituents is 2. The van der Waals surface area contributed by atoms with E-state index in [0.29, 0.717) is 24.3 Å². The second kappa shape index (κ2) is 7.57. The smallest absolute Gasteiger partial charge is 0.119 e. The van der Waals surface area contributed by atoms with E-state index in [9.17, 15) is 10.2 Å². The van der Waals surface area contributed by atoms with E-state index in [0.717, 1.165) is 43.8 Å². The molecule has 0 aromatic heterocycles. The highest BCUT2D eigenvalue weighted by atomic mass is 16.3. The van der Waals surface area contributed by atoms with Gasteiger partial charge in [-0.1, -0.05) is 84.9 Å². The molecule has 0 spiro atoms. The highest BCUT2D eigenvalue weighted by molar-refractivity contribution is 5.88. The molecule has 30 heavy (non-hydrogen) atoms. The average Bonchev–Trinajstić information content (AvgIpc) is 2.79. The number of benzene rings is 5. The molecule has 0 bridgehead atoms. The van der Waals surface area contributed by atoms with Crippen molar-refractivity contribution in [2.75, 3.05) is 0 Å². The summed E-state index contributed by atoms with van der Waals surface area (Å²) in [5.41, 5.74) is 4.19. The Morgan fingerprint density at radius 2 is 0.833 bits per heavy atom. The van der Waals surface area contributed by atoms with Gasteiger partial charge < -0.3 is 10.2 Å². The first-order valence-electron chi connectivity index (χ1n) is 10.2. The molecule has 146 valence electrons. The summed E-state index contributed by atoms with van der Waals surface area (Å²) in [6.07, 6.45) is 1.35. The molecular weight excluding hydrogens is 368 g/mol. The molecule has 0 aliphatic rings. The van der Waals surface area contributed by atoms with Crippen LogP contribution in [0.4, 0.5) is 0 Å². The van der Waals surface area contributed by atoms with Gasteiger partial charge in [-0.15, -0.1) is 0 Å². The lowest BCUT2D eigenvalue weighted by Crippen LogP contribution is -1.94. The van der Waals surface area contributed by atoms with E-state index < -0.39 is 0 Å². The highest BCUT2D eigenvalue weighted by Crippen LogP contribution is 2.31. The maximum Gasteiger partial charge on any atom is 0.119 e. The Bertz CT molecular complexity index is 1240. The van der Waals surface area contributed by atoms with E-state index >= 15 is 0 Å². The lowest BCUT2D eigenvalue weighted by Gasteiger charge is -2.11. The summed E-state index contributed by atoms with van der Waals surface area (Å²) in [5.74, 6) is 0.664. The summed E-state index contributed by atoms with van der Waals surface area (Å²) in [6, 6.07) is 32.2. The first kappa shape index (κ1) is 18.3. The maximum absolute atomic E-state index is 10.4. The monoisotopic (exact) mass is 390 g/mol. The van der Waals surface area contributed by atoms with Gasteiger partial charge in [-0.2, -0.15) is 0 Å². The molecule has 0 unspecified atom stereocenters. The number of rotatable bonds is 4. The Balaban J connectivity index is 1.44. The largest absolute Gasteiger partial charge is 0.508 e. The van der Waals surface area contributed by atoms with Crippen molar-refractivity contribution < 1.29 is 10.2 Å². The Hall–Kier alpha value is -3.78. The molecule has 0 aliphatic carbocycles. The van der Waals surface area contributed by atoms with Gasteiger partial charge in [-0.3, -0.25) is 0 Å². The van der Waals surface area contributed by atoms with Crippen LogP contribution in [-0.2, 0) is 12.8 Å². The summed E-state index contributed by atoms with van der Waals surface area (Å²) in [6.45, 7) is 0. The van der Waals surface area contributed by atoms with Crippen molar-refractivity contribution in [1.82, 2.24) is 0 Å². The number of hydrogen-bond donors (Lipinski definition) is 2. The van der Waals surface area contributed by atoms with Crippen molar-refractivity contribution in [3.8, 4) is 11.5 Å². The molecule has 0 heterocycles. The molecule has 0 fully saturated rings. The van der Waals surface area contributed by atoms with E-state index in [4.69, 9.17) is 0 Å². The van der Waals surface area contributed by atoms with Gasteiger partial charge >= 0.3 is 0 Å². The Labute approximate surface area is 175 Å². The Morgan fingerprint density at radius 1 is 0.433 bits per heavy atom. The van der Waals surface area contributed by atoms with Crippen molar-refractivity contribution in [2.45, 2.75) is 12.8 Å². The summed E-state index contributed by atoms with van der Waals surface area (Å²) in [5, 5.41) is 25.3. The fourth-order valence-electron chi connectivity index (χ4n) is 4.20. The van der Waals surface area contributed by atoms with Gasteiger partial charge in [0.15, 0.2) is 0 Å². The minimum atomic E-state index is 0.332. The van der Waals surface area contributed by atoms with Crippen LogP contribution in [0.2, 0.25) is 0 Å². The summed E-state index contributed by atoms with van der Waals surface area (Å²) < 4.78 is 0. The highest BCUT2D eigenvalue weighted by Gasteiger charge is 2.10. The third-order valence-electron chi connectivity index (χ3n) is 5.82. The maximum atomic E-state index is 10.4.